The monoisotopic (exact) mass is 248 g/mol. The SMILES string of the molecule is COc1ccccc1C(O)C1CCCCCCC1. The largest absolute Gasteiger partial charge is 0.496 e. The Bertz CT molecular complexity index is 354. The van der Waals surface area contributed by atoms with E-state index in [1.54, 1.807) is 7.11 Å². The first-order chi connectivity index (χ1) is 8.83. The van der Waals surface area contributed by atoms with E-state index in [1.807, 2.05) is 24.3 Å². The molecule has 0 amide bonds. The number of ether oxygens (including phenoxy) is 1. The van der Waals surface area contributed by atoms with Crippen molar-refractivity contribution in [2.75, 3.05) is 7.11 Å². The lowest BCUT2D eigenvalue weighted by molar-refractivity contribution is 0.0888. The van der Waals surface area contributed by atoms with E-state index in [0.29, 0.717) is 5.92 Å². The van der Waals surface area contributed by atoms with Gasteiger partial charge >= 0.3 is 0 Å². The second kappa shape index (κ2) is 6.79. The lowest BCUT2D eigenvalue weighted by Crippen LogP contribution is -2.15. The molecule has 1 N–H and O–H groups in total. The van der Waals surface area contributed by atoms with Crippen molar-refractivity contribution >= 4 is 0 Å². The summed E-state index contributed by atoms with van der Waals surface area (Å²) in [6.45, 7) is 0. The van der Waals surface area contributed by atoms with Gasteiger partial charge in [0, 0.05) is 5.56 Å². The number of rotatable bonds is 3. The van der Waals surface area contributed by atoms with Gasteiger partial charge in [0.1, 0.15) is 5.75 Å². The topological polar surface area (TPSA) is 29.5 Å². The van der Waals surface area contributed by atoms with Gasteiger partial charge in [-0.15, -0.1) is 0 Å². The summed E-state index contributed by atoms with van der Waals surface area (Å²) in [6.07, 6.45) is 8.38. The Balaban J connectivity index is 2.10. The van der Waals surface area contributed by atoms with Crippen LogP contribution in [-0.4, -0.2) is 12.2 Å². The first-order valence-corrected chi connectivity index (χ1v) is 7.14. The molecular formula is C16H24O2. The number of aliphatic hydroxyl groups is 1. The van der Waals surface area contributed by atoms with Crippen molar-refractivity contribution < 1.29 is 9.84 Å². The molecule has 1 aromatic rings. The van der Waals surface area contributed by atoms with Crippen LogP contribution in [0.15, 0.2) is 24.3 Å². The Labute approximate surface area is 110 Å². The fraction of sp³-hybridized carbons (Fsp3) is 0.625. The lowest BCUT2D eigenvalue weighted by Gasteiger charge is -2.26. The highest BCUT2D eigenvalue weighted by atomic mass is 16.5. The molecule has 1 unspecified atom stereocenters. The third kappa shape index (κ3) is 3.26. The average Bonchev–Trinajstić information content (AvgIpc) is 2.37. The number of benzene rings is 1. The van der Waals surface area contributed by atoms with E-state index < -0.39 is 0 Å². The van der Waals surface area contributed by atoms with Gasteiger partial charge in [0.15, 0.2) is 0 Å². The number of hydrogen-bond donors (Lipinski definition) is 1. The normalized spacial score (nSPS) is 19.9. The fourth-order valence-electron chi connectivity index (χ4n) is 2.97. The maximum absolute atomic E-state index is 10.6. The molecule has 1 saturated carbocycles. The maximum Gasteiger partial charge on any atom is 0.124 e. The van der Waals surface area contributed by atoms with Crippen LogP contribution in [0.1, 0.15) is 56.6 Å². The summed E-state index contributed by atoms with van der Waals surface area (Å²) >= 11 is 0. The van der Waals surface area contributed by atoms with Gasteiger partial charge in [-0.05, 0) is 24.8 Å². The third-order valence-corrected chi connectivity index (χ3v) is 4.05. The predicted octanol–water partition coefficient (Wildman–Crippen LogP) is 4.09. The van der Waals surface area contributed by atoms with E-state index in [-0.39, 0.29) is 6.10 Å². The second-order valence-corrected chi connectivity index (χ2v) is 5.29. The molecule has 0 bridgehead atoms. The summed E-state index contributed by atoms with van der Waals surface area (Å²) in [5, 5.41) is 10.6. The Kier molecular flexibility index (Phi) is 5.06. The minimum atomic E-state index is -0.376. The molecule has 18 heavy (non-hydrogen) atoms. The minimum absolute atomic E-state index is 0.376. The molecule has 1 atom stereocenters. The highest BCUT2D eigenvalue weighted by Gasteiger charge is 2.23. The van der Waals surface area contributed by atoms with E-state index in [9.17, 15) is 5.11 Å². The molecular weight excluding hydrogens is 224 g/mol. The molecule has 0 radical (unpaired) electrons. The Morgan fingerprint density at radius 1 is 1.06 bits per heavy atom. The van der Waals surface area contributed by atoms with Crippen LogP contribution in [0, 0.1) is 5.92 Å². The van der Waals surface area contributed by atoms with Crippen molar-refractivity contribution in [3.8, 4) is 5.75 Å². The van der Waals surface area contributed by atoms with Gasteiger partial charge in [0.25, 0.3) is 0 Å². The Hall–Kier alpha value is -1.02. The quantitative estimate of drug-likeness (QED) is 0.873. The van der Waals surface area contributed by atoms with Crippen molar-refractivity contribution in [2.24, 2.45) is 5.92 Å². The van der Waals surface area contributed by atoms with Gasteiger partial charge in [-0.3, -0.25) is 0 Å². The molecule has 100 valence electrons. The van der Waals surface area contributed by atoms with Crippen LogP contribution in [-0.2, 0) is 0 Å². The molecule has 1 aliphatic carbocycles. The van der Waals surface area contributed by atoms with Crippen LogP contribution in [0.4, 0.5) is 0 Å². The number of methoxy groups -OCH3 is 1. The molecule has 0 saturated heterocycles. The van der Waals surface area contributed by atoms with Gasteiger partial charge in [-0.25, -0.2) is 0 Å². The van der Waals surface area contributed by atoms with Gasteiger partial charge < -0.3 is 9.84 Å². The molecule has 1 aliphatic rings. The van der Waals surface area contributed by atoms with E-state index in [4.69, 9.17) is 4.74 Å². The number of para-hydroxylation sites is 1. The minimum Gasteiger partial charge on any atom is -0.496 e. The molecule has 0 heterocycles. The molecule has 1 aromatic carbocycles. The first-order valence-electron chi connectivity index (χ1n) is 7.14. The van der Waals surface area contributed by atoms with Crippen LogP contribution in [0.25, 0.3) is 0 Å². The molecule has 2 nitrogen and oxygen atoms in total. The van der Waals surface area contributed by atoms with Crippen LogP contribution in [0.3, 0.4) is 0 Å². The second-order valence-electron chi connectivity index (χ2n) is 5.29. The van der Waals surface area contributed by atoms with Crippen molar-refractivity contribution in [1.82, 2.24) is 0 Å². The zero-order chi connectivity index (χ0) is 12.8. The van der Waals surface area contributed by atoms with Crippen LogP contribution in [0.5, 0.6) is 5.75 Å². The number of aliphatic hydroxyl groups excluding tert-OH is 1. The maximum atomic E-state index is 10.6. The van der Waals surface area contributed by atoms with Crippen molar-refractivity contribution in [3.05, 3.63) is 29.8 Å². The highest BCUT2D eigenvalue weighted by Crippen LogP contribution is 2.36. The summed E-state index contributed by atoms with van der Waals surface area (Å²) < 4.78 is 5.35. The summed E-state index contributed by atoms with van der Waals surface area (Å²) in [5.41, 5.74) is 0.950. The third-order valence-electron chi connectivity index (χ3n) is 4.05. The van der Waals surface area contributed by atoms with E-state index >= 15 is 0 Å². The van der Waals surface area contributed by atoms with Crippen molar-refractivity contribution in [3.63, 3.8) is 0 Å². The van der Waals surface area contributed by atoms with Gasteiger partial charge in [-0.2, -0.15) is 0 Å². The lowest BCUT2D eigenvalue weighted by atomic mass is 9.84. The van der Waals surface area contributed by atoms with Gasteiger partial charge in [0.2, 0.25) is 0 Å². The first kappa shape index (κ1) is 13.4. The van der Waals surface area contributed by atoms with E-state index in [0.717, 1.165) is 24.2 Å². The number of hydrogen-bond acceptors (Lipinski definition) is 2. The standard InChI is InChI=1S/C16H24O2/c1-18-15-12-8-7-11-14(15)16(17)13-9-5-3-2-4-6-10-13/h7-8,11-13,16-17H,2-6,9-10H2,1H3. The molecule has 0 spiro atoms. The smallest absolute Gasteiger partial charge is 0.124 e. The molecule has 2 heteroatoms. The zero-order valence-electron chi connectivity index (χ0n) is 11.3. The summed E-state index contributed by atoms with van der Waals surface area (Å²) in [6, 6.07) is 7.85. The highest BCUT2D eigenvalue weighted by molar-refractivity contribution is 5.35. The summed E-state index contributed by atoms with van der Waals surface area (Å²) in [7, 11) is 1.67. The molecule has 0 aromatic heterocycles. The fourth-order valence-corrected chi connectivity index (χ4v) is 2.97. The van der Waals surface area contributed by atoms with Crippen LogP contribution < -0.4 is 4.74 Å². The van der Waals surface area contributed by atoms with Crippen molar-refractivity contribution in [1.29, 1.82) is 0 Å². The van der Waals surface area contributed by atoms with Gasteiger partial charge in [-0.1, -0.05) is 50.3 Å². The van der Waals surface area contributed by atoms with Crippen LogP contribution >= 0.6 is 0 Å². The van der Waals surface area contributed by atoms with E-state index in [2.05, 4.69) is 0 Å². The molecule has 1 fully saturated rings. The Morgan fingerprint density at radius 3 is 2.33 bits per heavy atom. The van der Waals surface area contributed by atoms with Crippen LogP contribution in [0.2, 0.25) is 0 Å². The van der Waals surface area contributed by atoms with Gasteiger partial charge in [0.05, 0.1) is 13.2 Å². The van der Waals surface area contributed by atoms with E-state index in [1.165, 1.54) is 32.1 Å². The predicted molar refractivity (Wildman–Crippen MR) is 73.8 cm³/mol. The summed E-state index contributed by atoms with van der Waals surface area (Å²) in [4.78, 5) is 0. The molecule has 0 aliphatic heterocycles. The Morgan fingerprint density at radius 2 is 1.67 bits per heavy atom. The average molecular weight is 248 g/mol. The zero-order valence-corrected chi connectivity index (χ0v) is 11.3. The summed E-state index contributed by atoms with van der Waals surface area (Å²) in [5.74, 6) is 1.20. The molecule has 2 rings (SSSR count). The van der Waals surface area contributed by atoms with Crippen molar-refractivity contribution in [2.45, 2.75) is 51.0 Å².